The van der Waals surface area contributed by atoms with Crippen LogP contribution in [0.5, 0.6) is 0 Å². The van der Waals surface area contributed by atoms with Crippen molar-refractivity contribution in [1.82, 2.24) is 20.1 Å². The molecule has 1 heterocycles. The summed E-state index contributed by atoms with van der Waals surface area (Å²) in [5.41, 5.74) is -0.467. The third kappa shape index (κ3) is 4.44. The van der Waals surface area contributed by atoms with Gasteiger partial charge in [0.15, 0.2) is 4.73 Å². The van der Waals surface area contributed by atoms with Gasteiger partial charge in [0.1, 0.15) is 11.4 Å². The van der Waals surface area contributed by atoms with Crippen molar-refractivity contribution in [3.8, 4) is 0 Å². The van der Waals surface area contributed by atoms with Crippen molar-refractivity contribution in [3.05, 3.63) is 10.6 Å². The second-order valence-corrected chi connectivity index (χ2v) is 7.49. The normalized spacial score (nSPS) is 22.4. The van der Waals surface area contributed by atoms with Crippen LogP contribution in [0.1, 0.15) is 65.1 Å². The lowest BCUT2D eigenvalue weighted by Gasteiger charge is -2.30. The number of ether oxygens (including phenoxy) is 1. The lowest BCUT2D eigenvalue weighted by molar-refractivity contribution is 0.0489. The van der Waals surface area contributed by atoms with Crippen molar-refractivity contribution in [2.75, 3.05) is 0 Å². The summed E-state index contributed by atoms with van der Waals surface area (Å²) in [5.74, 6) is 1.33. The number of hydrogen-bond acceptors (Lipinski definition) is 4. The standard InChI is InChI=1S/C15H25BrN4O2/c1-5-20-12(18-19-13(20)16)10-7-6-8-11(9-10)17-14(21)22-15(2,3)4/h10-11H,5-9H2,1-4H3,(H,17,21)/t10-,11+/m0/s1. The molecule has 0 unspecified atom stereocenters. The van der Waals surface area contributed by atoms with E-state index in [2.05, 4.69) is 42.9 Å². The molecule has 1 aromatic rings. The fraction of sp³-hybridized carbons (Fsp3) is 0.800. The summed E-state index contributed by atoms with van der Waals surface area (Å²) in [7, 11) is 0. The predicted octanol–water partition coefficient (Wildman–Crippen LogP) is 3.61. The molecule has 1 amide bonds. The van der Waals surface area contributed by atoms with Gasteiger partial charge < -0.3 is 14.6 Å². The number of aromatic nitrogens is 3. The van der Waals surface area contributed by atoms with E-state index in [1.54, 1.807) is 0 Å². The summed E-state index contributed by atoms with van der Waals surface area (Å²) >= 11 is 3.43. The van der Waals surface area contributed by atoms with E-state index < -0.39 is 5.60 Å². The van der Waals surface area contributed by atoms with Crippen molar-refractivity contribution in [2.45, 2.75) is 77.5 Å². The fourth-order valence-corrected chi connectivity index (χ4v) is 3.43. The van der Waals surface area contributed by atoms with Crippen LogP contribution in [0.15, 0.2) is 4.73 Å². The van der Waals surface area contributed by atoms with E-state index in [1.807, 2.05) is 20.8 Å². The van der Waals surface area contributed by atoms with Crippen LogP contribution in [-0.2, 0) is 11.3 Å². The van der Waals surface area contributed by atoms with Gasteiger partial charge in [0.2, 0.25) is 0 Å². The Morgan fingerprint density at radius 3 is 2.77 bits per heavy atom. The first-order chi connectivity index (χ1) is 10.3. The summed E-state index contributed by atoms with van der Waals surface area (Å²) < 4.78 is 8.19. The molecule has 0 aromatic carbocycles. The number of hydrogen-bond donors (Lipinski definition) is 1. The molecule has 1 N–H and O–H groups in total. The zero-order valence-corrected chi connectivity index (χ0v) is 15.3. The van der Waals surface area contributed by atoms with Crippen molar-refractivity contribution in [2.24, 2.45) is 0 Å². The van der Waals surface area contributed by atoms with Crippen molar-refractivity contribution in [1.29, 1.82) is 0 Å². The van der Waals surface area contributed by atoms with E-state index in [4.69, 9.17) is 4.74 Å². The Bertz CT molecular complexity index is 524. The Labute approximate surface area is 140 Å². The number of nitrogens with zero attached hydrogens (tertiary/aromatic N) is 3. The summed E-state index contributed by atoms with van der Waals surface area (Å²) in [6, 6.07) is 0.134. The van der Waals surface area contributed by atoms with E-state index in [0.717, 1.165) is 42.8 Å². The average molecular weight is 373 g/mol. The van der Waals surface area contributed by atoms with E-state index in [0.29, 0.717) is 5.92 Å². The highest BCUT2D eigenvalue weighted by Crippen LogP contribution is 2.33. The molecule has 1 aliphatic rings. The highest BCUT2D eigenvalue weighted by Gasteiger charge is 2.29. The molecule has 0 spiro atoms. The summed E-state index contributed by atoms with van der Waals surface area (Å²) in [5, 5.41) is 11.4. The average Bonchev–Trinajstić information content (AvgIpc) is 2.77. The van der Waals surface area contributed by atoms with Crippen molar-refractivity contribution >= 4 is 22.0 Å². The number of nitrogens with one attached hydrogen (secondary N) is 1. The first kappa shape index (κ1) is 17.2. The van der Waals surface area contributed by atoms with Crippen LogP contribution in [0.3, 0.4) is 0 Å². The van der Waals surface area contributed by atoms with Gasteiger partial charge in [-0.1, -0.05) is 6.42 Å². The second-order valence-electron chi connectivity index (χ2n) is 6.78. The molecular formula is C15H25BrN4O2. The molecule has 6 nitrogen and oxygen atoms in total. The van der Waals surface area contributed by atoms with Gasteiger partial charge in [-0.25, -0.2) is 4.79 Å². The van der Waals surface area contributed by atoms with E-state index >= 15 is 0 Å². The van der Waals surface area contributed by atoms with E-state index in [9.17, 15) is 4.79 Å². The maximum Gasteiger partial charge on any atom is 0.407 e. The zero-order chi connectivity index (χ0) is 16.3. The minimum Gasteiger partial charge on any atom is -0.444 e. The third-order valence-electron chi connectivity index (χ3n) is 3.81. The SMILES string of the molecule is CCn1c(Br)nnc1[C@H]1CCC[C@@H](NC(=O)OC(C)(C)C)C1. The number of carbonyl (C=O) groups excluding carboxylic acids is 1. The van der Waals surface area contributed by atoms with Gasteiger partial charge in [-0.15, -0.1) is 10.2 Å². The van der Waals surface area contributed by atoms with Gasteiger partial charge in [0, 0.05) is 18.5 Å². The molecule has 124 valence electrons. The number of carbonyl (C=O) groups is 1. The molecule has 0 saturated heterocycles. The number of rotatable bonds is 3. The maximum absolute atomic E-state index is 11.9. The molecule has 2 atom stereocenters. The first-order valence-electron chi connectivity index (χ1n) is 7.88. The minimum absolute atomic E-state index is 0.134. The van der Waals surface area contributed by atoms with E-state index in [-0.39, 0.29) is 12.1 Å². The Balaban J connectivity index is 1.98. The maximum atomic E-state index is 11.9. The molecular weight excluding hydrogens is 348 g/mol. The predicted molar refractivity (Wildman–Crippen MR) is 87.8 cm³/mol. The quantitative estimate of drug-likeness (QED) is 0.879. The smallest absolute Gasteiger partial charge is 0.407 e. The largest absolute Gasteiger partial charge is 0.444 e. The van der Waals surface area contributed by atoms with Crippen LogP contribution in [0.4, 0.5) is 4.79 Å². The van der Waals surface area contributed by atoms with Crippen LogP contribution < -0.4 is 5.32 Å². The van der Waals surface area contributed by atoms with Gasteiger partial charge in [0.25, 0.3) is 0 Å². The van der Waals surface area contributed by atoms with Crippen LogP contribution in [-0.4, -0.2) is 32.5 Å². The molecule has 7 heteroatoms. The monoisotopic (exact) mass is 372 g/mol. The minimum atomic E-state index is -0.467. The molecule has 1 saturated carbocycles. The van der Waals surface area contributed by atoms with Gasteiger partial charge in [0.05, 0.1) is 0 Å². The first-order valence-corrected chi connectivity index (χ1v) is 8.67. The molecule has 0 bridgehead atoms. The van der Waals surface area contributed by atoms with Gasteiger partial charge in [-0.05, 0) is 62.9 Å². The van der Waals surface area contributed by atoms with Gasteiger partial charge >= 0.3 is 6.09 Å². The Kier molecular flexibility index (Phi) is 5.47. The van der Waals surface area contributed by atoms with Crippen LogP contribution in [0, 0.1) is 0 Å². The van der Waals surface area contributed by atoms with Crippen LogP contribution in [0.25, 0.3) is 0 Å². The molecule has 2 rings (SSSR count). The van der Waals surface area contributed by atoms with Crippen LogP contribution in [0.2, 0.25) is 0 Å². The Morgan fingerprint density at radius 2 is 2.14 bits per heavy atom. The summed E-state index contributed by atoms with van der Waals surface area (Å²) in [6.45, 7) is 8.53. The molecule has 0 aliphatic heterocycles. The van der Waals surface area contributed by atoms with Crippen molar-refractivity contribution in [3.63, 3.8) is 0 Å². The highest BCUT2D eigenvalue weighted by atomic mass is 79.9. The Hall–Kier alpha value is -1.11. The highest BCUT2D eigenvalue weighted by molar-refractivity contribution is 9.10. The molecule has 1 aromatic heterocycles. The summed E-state index contributed by atoms with van der Waals surface area (Å²) in [6.07, 6.45) is 3.68. The zero-order valence-electron chi connectivity index (χ0n) is 13.7. The second kappa shape index (κ2) is 6.98. The number of amides is 1. The third-order valence-corrected chi connectivity index (χ3v) is 4.40. The number of halogens is 1. The molecule has 0 radical (unpaired) electrons. The number of alkyl carbamates (subject to hydrolysis) is 1. The topological polar surface area (TPSA) is 69.0 Å². The Morgan fingerprint density at radius 1 is 1.41 bits per heavy atom. The lowest BCUT2D eigenvalue weighted by atomic mass is 9.85. The fourth-order valence-electron chi connectivity index (χ4n) is 2.92. The lowest BCUT2D eigenvalue weighted by Crippen LogP contribution is -2.41. The molecule has 1 aliphatic carbocycles. The van der Waals surface area contributed by atoms with E-state index in [1.165, 1.54) is 0 Å². The van der Waals surface area contributed by atoms with Crippen molar-refractivity contribution < 1.29 is 9.53 Å². The van der Waals surface area contributed by atoms with Gasteiger partial charge in [-0.2, -0.15) is 0 Å². The van der Waals surface area contributed by atoms with Crippen LogP contribution >= 0.6 is 15.9 Å². The van der Waals surface area contributed by atoms with Gasteiger partial charge in [-0.3, -0.25) is 0 Å². The molecule has 1 fully saturated rings. The summed E-state index contributed by atoms with van der Waals surface area (Å²) in [4.78, 5) is 11.9. The molecule has 22 heavy (non-hydrogen) atoms.